The van der Waals surface area contributed by atoms with Crippen molar-refractivity contribution in [1.82, 2.24) is 9.62 Å². The molecule has 164 valence electrons. The van der Waals surface area contributed by atoms with Crippen molar-refractivity contribution in [3.8, 4) is 0 Å². The molecule has 0 saturated carbocycles. The molecule has 0 bridgehead atoms. The number of esters is 1. The Bertz CT molecular complexity index is 996. The van der Waals surface area contributed by atoms with Crippen LogP contribution in [0.15, 0.2) is 39.9 Å². The highest BCUT2D eigenvalue weighted by molar-refractivity contribution is 7.89. The number of carbonyl (C=O) groups excluding carboxylic acids is 2. The molecule has 1 amide bonds. The van der Waals surface area contributed by atoms with E-state index in [1.54, 1.807) is 7.05 Å². The quantitative estimate of drug-likeness (QED) is 0.517. The summed E-state index contributed by atoms with van der Waals surface area (Å²) in [6, 6.07) is 3.83. The minimum Gasteiger partial charge on any atom is -0.454 e. The van der Waals surface area contributed by atoms with E-state index in [0.29, 0.717) is 6.54 Å². The fraction of sp³-hybridized carbons (Fsp3) is 0.333. The standard InChI is InChI=1S/C18H20Cl2N2O6S2/c1-11(23)17(21-30(26,27)13-3-4-14(19)15(20)7-13)18(25)28-9-16(24)22(2)8-12-5-6-29-10-12/h3-7,10-11,17,21,23H,8-9H2,1-2H3/t11-,17+/m1/s1. The van der Waals surface area contributed by atoms with Crippen LogP contribution >= 0.6 is 34.5 Å². The number of likely N-dealkylation sites (N-methyl/N-ethyl adjacent to an activating group) is 1. The Balaban J connectivity index is 2.01. The zero-order valence-electron chi connectivity index (χ0n) is 16.0. The fourth-order valence-corrected chi connectivity index (χ4v) is 4.61. The van der Waals surface area contributed by atoms with E-state index in [0.717, 1.165) is 11.6 Å². The van der Waals surface area contributed by atoms with Crippen LogP contribution in [0.3, 0.4) is 0 Å². The minimum absolute atomic E-state index is 0.00923. The van der Waals surface area contributed by atoms with E-state index < -0.39 is 40.7 Å². The van der Waals surface area contributed by atoms with E-state index in [9.17, 15) is 23.1 Å². The maximum atomic E-state index is 12.5. The second kappa shape index (κ2) is 10.6. The van der Waals surface area contributed by atoms with E-state index >= 15 is 0 Å². The Kier molecular flexibility index (Phi) is 8.65. The van der Waals surface area contributed by atoms with Crippen LogP contribution in [-0.4, -0.2) is 56.1 Å². The molecule has 0 aliphatic rings. The second-order valence-electron chi connectivity index (χ2n) is 6.40. The second-order valence-corrected chi connectivity index (χ2v) is 9.71. The SMILES string of the molecule is C[C@@H](O)[C@H](NS(=O)(=O)c1ccc(Cl)c(Cl)c1)C(=O)OCC(=O)N(C)Cc1ccsc1. The average molecular weight is 495 g/mol. The van der Waals surface area contributed by atoms with Gasteiger partial charge in [0, 0.05) is 13.6 Å². The molecule has 2 rings (SSSR count). The number of ether oxygens (including phenoxy) is 1. The number of sulfonamides is 1. The molecule has 0 spiro atoms. The monoisotopic (exact) mass is 494 g/mol. The Morgan fingerprint density at radius 1 is 1.27 bits per heavy atom. The van der Waals surface area contributed by atoms with Gasteiger partial charge in [0.2, 0.25) is 10.0 Å². The molecule has 0 saturated heterocycles. The van der Waals surface area contributed by atoms with Gasteiger partial charge in [0.1, 0.15) is 6.04 Å². The van der Waals surface area contributed by atoms with Crippen LogP contribution in [0, 0.1) is 0 Å². The highest BCUT2D eigenvalue weighted by Crippen LogP contribution is 2.25. The number of amides is 1. The molecule has 0 aliphatic heterocycles. The molecule has 8 nitrogen and oxygen atoms in total. The van der Waals surface area contributed by atoms with Gasteiger partial charge in [0.15, 0.2) is 6.61 Å². The molecule has 1 aromatic carbocycles. The lowest BCUT2D eigenvalue weighted by Gasteiger charge is -2.21. The van der Waals surface area contributed by atoms with Gasteiger partial charge in [-0.15, -0.1) is 0 Å². The van der Waals surface area contributed by atoms with E-state index in [2.05, 4.69) is 4.72 Å². The summed E-state index contributed by atoms with van der Waals surface area (Å²) in [5.41, 5.74) is 0.929. The molecule has 2 aromatic rings. The lowest BCUT2D eigenvalue weighted by Crippen LogP contribution is -2.49. The summed E-state index contributed by atoms with van der Waals surface area (Å²) in [6.07, 6.45) is -1.42. The van der Waals surface area contributed by atoms with Gasteiger partial charge in [-0.2, -0.15) is 16.1 Å². The molecular weight excluding hydrogens is 475 g/mol. The zero-order valence-corrected chi connectivity index (χ0v) is 19.2. The number of hydrogen-bond donors (Lipinski definition) is 2. The molecule has 1 heterocycles. The number of aliphatic hydroxyl groups is 1. The lowest BCUT2D eigenvalue weighted by atomic mass is 10.2. The summed E-state index contributed by atoms with van der Waals surface area (Å²) < 4.78 is 32.1. The maximum absolute atomic E-state index is 12.5. The highest BCUT2D eigenvalue weighted by atomic mass is 35.5. The summed E-state index contributed by atoms with van der Waals surface area (Å²) >= 11 is 13.1. The number of thiophene rings is 1. The Morgan fingerprint density at radius 3 is 2.53 bits per heavy atom. The molecule has 0 aliphatic carbocycles. The van der Waals surface area contributed by atoms with Gasteiger partial charge < -0.3 is 14.7 Å². The molecule has 2 atom stereocenters. The summed E-state index contributed by atoms with van der Waals surface area (Å²) in [5.74, 6) is -1.57. The van der Waals surface area contributed by atoms with Gasteiger partial charge in [0.05, 0.1) is 21.0 Å². The van der Waals surface area contributed by atoms with Crippen molar-refractivity contribution < 1.29 is 27.9 Å². The number of hydrogen-bond acceptors (Lipinski definition) is 7. The first kappa shape index (κ1) is 24.6. The lowest BCUT2D eigenvalue weighted by molar-refractivity contribution is -0.155. The zero-order chi connectivity index (χ0) is 22.5. The molecule has 0 fully saturated rings. The molecule has 0 radical (unpaired) electrons. The number of halogens is 2. The highest BCUT2D eigenvalue weighted by Gasteiger charge is 2.31. The largest absolute Gasteiger partial charge is 0.454 e. The van der Waals surface area contributed by atoms with Gasteiger partial charge in [-0.05, 0) is 47.5 Å². The van der Waals surface area contributed by atoms with E-state index in [1.165, 1.54) is 35.3 Å². The van der Waals surface area contributed by atoms with Crippen LogP contribution in [0.1, 0.15) is 12.5 Å². The molecule has 30 heavy (non-hydrogen) atoms. The first-order valence-corrected chi connectivity index (χ1v) is 11.8. The predicted molar refractivity (Wildman–Crippen MR) is 114 cm³/mol. The summed E-state index contributed by atoms with van der Waals surface area (Å²) in [5, 5.41) is 13.8. The summed E-state index contributed by atoms with van der Waals surface area (Å²) in [4.78, 5) is 25.6. The number of rotatable bonds is 9. The third kappa shape index (κ3) is 6.66. The number of aliphatic hydroxyl groups excluding tert-OH is 1. The third-order valence-electron chi connectivity index (χ3n) is 3.98. The molecule has 0 unspecified atom stereocenters. The van der Waals surface area contributed by atoms with Crippen LogP contribution in [0.2, 0.25) is 10.0 Å². The average Bonchev–Trinajstić information content (AvgIpc) is 3.18. The normalized spacial score (nSPS) is 13.5. The van der Waals surface area contributed by atoms with Crippen LogP contribution in [-0.2, 0) is 30.9 Å². The minimum atomic E-state index is -4.23. The smallest absolute Gasteiger partial charge is 0.327 e. The van der Waals surface area contributed by atoms with Crippen molar-refractivity contribution in [3.05, 3.63) is 50.6 Å². The molecule has 12 heteroatoms. The van der Waals surface area contributed by atoms with Gasteiger partial charge in [-0.3, -0.25) is 9.59 Å². The van der Waals surface area contributed by atoms with Crippen LogP contribution in [0.5, 0.6) is 0 Å². The fourth-order valence-electron chi connectivity index (χ4n) is 2.30. The van der Waals surface area contributed by atoms with Crippen LogP contribution in [0.4, 0.5) is 0 Å². The van der Waals surface area contributed by atoms with Crippen molar-refractivity contribution >= 4 is 56.4 Å². The molecule has 1 aromatic heterocycles. The summed E-state index contributed by atoms with van der Waals surface area (Å²) in [7, 11) is -2.68. The van der Waals surface area contributed by atoms with Crippen LogP contribution < -0.4 is 4.72 Å². The first-order chi connectivity index (χ1) is 14.0. The van der Waals surface area contributed by atoms with E-state index in [-0.39, 0.29) is 14.9 Å². The molecular formula is C18H20Cl2N2O6S2. The van der Waals surface area contributed by atoms with Gasteiger partial charge in [0.25, 0.3) is 5.91 Å². The van der Waals surface area contributed by atoms with Crippen LogP contribution in [0.25, 0.3) is 0 Å². The van der Waals surface area contributed by atoms with Crippen molar-refractivity contribution in [1.29, 1.82) is 0 Å². The van der Waals surface area contributed by atoms with Crippen molar-refractivity contribution in [2.45, 2.75) is 30.5 Å². The predicted octanol–water partition coefficient (Wildman–Crippen LogP) is 2.28. The Morgan fingerprint density at radius 2 is 1.97 bits per heavy atom. The van der Waals surface area contributed by atoms with Gasteiger partial charge >= 0.3 is 5.97 Å². The Labute approximate surface area is 188 Å². The number of carbonyl (C=O) groups is 2. The number of nitrogens with zero attached hydrogens (tertiary/aromatic N) is 1. The first-order valence-electron chi connectivity index (χ1n) is 8.58. The number of benzene rings is 1. The molecule has 2 N–H and O–H groups in total. The number of nitrogens with one attached hydrogen (secondary N) is 1. The van der Waals surface area contributed by atoms with Gasteiger partial charge in [-0.1, -0.05) is 23.2 Å². The van der Waals surface area contributed by atoms with Crippen molar-refractivity contribution in [2.24, 2.45) is 0 Å². The summed E-state index contributed by atoms with van der Waals surface area (Å²) in [6.45, 7) is 0.953. The topological polar surface area (TPSA) is 113 Å². The van der Waals surface area contributed by atoms with Crippen molar-refractivity contribution in [3.63, 3.8) is 0 Å². The maximum Gasteiger partial charge on any atom is 0.327 e. The third-order valence-corrected chi connectivity index (χ3v) is 6.89. The van der Waals surface area contributed by atoms with Gasteiger partial charge in [-0.25, -0.2) is 8.42 Å². The van der Waals surface area contributed by atoms with Crippen molar-refractivity contribution in [2.75, 3.05) is 13.7 Å². The Hall–Kier alpha value is -1.69. The van der Waals surface area contributed by atoms with E-state index in [4.69, 9.17) is 27.9 Å². The van der Waals surface area contributed by atoms with E-state index in [1.807, 2.05) is 16.8 Å².